The van der Waals surface area contributed by atoms with E-state index < -0.39 is 28.0 Å². The van der Waals surface area contributed by atoms with Gasteiger partial charge in [-0.05, 0) is 26.3 Å². The van der Waals surface area contributed by atoms with Gasteiger partial charge in [0.15, 0.2) is 5.82 Å². The summed E-state index contributed by atoms with van der Waals surface area (Å²) in [6.45, 7) is 2.38. The summed E-state index contributed by atoms with van der Waals surface area (Å²) < 4.78 is 40.4. The van der Waals surface area contributed by atoms with Crippen LogP contribution in [0.15, 0.2) is 6.07 Å². The summed E-state index contributed by atoms with van der Waals surface area (Å²) in [5, 5.41) is 2.37. The highest BCUT2D eigenvalue weighted by Gasteiger charge is 2.36. The summed E-state index contributed by atoms with van der Waals surface area (Å²) in [5.74, 6) is -2.96. The molecule has 0 radical (unpaired) electrons. The molecule has 0 aromatic heterocycles. The third-order valence-electron chi connectivity index (χ3n) is 3.03. The minimum atomic E-state index is -1.07. The molecule has 1 fully saturated rings. The lowest BCUT2D eigenvalue weighted by atomic mass is 9.89. The van der Waals surface area contributed by atoms with Gasteiger partial charge in [-0.2, -0.15) is 0 Å². The molecule has 1 aromatic carbocycles. The maximum atomic E-state index is 13.8. The molecule has 2 rings (SSSR count). The van der Waals surface area contributed by atoms with Gasteiger partial charge < -0.3 is 5.32 Å². The van der Waals surface area contributed by atoms with Gasteiger partial charge in [-0.15, -0.1) is 0 Å². The van der Waals surface area contributed by atoms with Crippen LogP contribution in [-0.2, 0) is 5.54 Å². The lowest BCUT2D eigenvalue weighted by molar-refractivity contribution is 0.382. The monoisotopic (exact) mass is 249 g/mol. The van der Waals surface area contributed by atoms with E-state index in [-0.39, 0.29) is 5.56 Å². The average Bonchev–Trinajstić information content (AvgIpc) is 2.62. The van der Waals surface area contributed by atoms with Gasteiger partial charge >= 0.3 is 0 Å². The van der Waals surface area contributed by atoms with Gasteiger partial charge in [0.25, 0.3) is 0 Å². The Hall–Kier alpha value is -0.740. The maximum absolute atomic E-state index is 13.8. The molecule has 5 heteroatoms. The predicted molar refractivity (Wildman–Crippen MR) is 55.9 cm³/mol. The second kappa shape index (κ2) is 3.93. The fourth-order valence-electron chi connectivity index (χ4n) is 2.18. The van der Waals surface area contributed by atoms with E-state index in [4.69, 9.17) is 11.6 Å². The summed E-state index contributed by atoms with van der Waals surface area (Å²) in [6.07, 6.45) is 1.42. The van der Waals surface area contributed by atoms with Crippen molar-refractivity contribution >= 4 is 11.6 Å². The Kier molecular flexibility index (Phi) is 2.88. The molecule has 0 bridgehead atoms. The van der Waals surface area contributed by atoms with Crippen LogP contribution in [0.25, 0.3) is 0 Å². The molecule has 1 unspecified atom stereocenters. The standard InChI is InChI=1S/C11H11ClF3N/c1-11(3-2-4-16-11)8-6(13)5-7(14)9(12)10(8)15/h5,16H,2-4H2,1H3. The van der Waals surface area contributed by atoms with Crippen molar-refractivity contribution in [2.45, 2.75) is 25.3 Å². The van der Waals surface area contributed by atoms with E-state index in [0.717, 1.165) is 6.42 Å². The molecule has 16 heavy (non-hydrogen) atoms. The molecule has 1 N–H and O–H groups in total. The average molecular weight is 250 g/mol. The number of nitrogens with one attached hydrogen (secondary N) is 1. The summed E-state index contributed by atoms with van der Waals surface area (Å²) in [7, 11) is 0. The van der Waals surface area contributed by atoms with Crippen molar-refractivity contribution in [1.29, 1.82) is 0 Å². The first-order valence-corrected chi connectivity index (χ1v) is 5.42. The van der Waals surface area contributed by atoms with Crippen LogP contribution < -0.4 is 5.32 Å². The zero-order valence-corrected chi connectivity index (χ0v) is 9.47. The van der Waals surface area contributed by atoms with E-state index in [1.54, 1.807) is 6.92 Å². The Morgan fingerprint density at radius 3 is 2.56 bits per heavy atom. The Labute approximate surface area is 96.6 Å². The zero-order chi connectivity index (χ0) is 11.9. The fourth-order valence-corrected chi connectivity index (χ4v) is 2.33. The molecule has 1 nitrogen and oxygen atoms in total. The van der Waals surface area contributed by atoms with Gasteiger partial charge in [0.1, 0.15) is 16.7 Å². The first-order valence-electron chi connectivity index (χ1n) is 5.04. The van der Waals surface area contributed by atoms with Gasteiger partial charge in [-0.25, -0.2) is 13.2 Å². The van der Waals surface area contributed by atoms with E-state index in [0.29, 0.717) is 19.0 Å². The molecule has 1 heterocycles. The van der Waals surface area contributed by atoms with Crippen molar-refractivity contribution in [3.05, 3.63) is 34.1 Å². The summed E-state index contributed by atoms with van der Waals surface area (Å²) >= 11 is 5.45. The van der Waals surface area contributed by atoms with Gasteiger partial charge in [-0.3, -0.25) is 0 Å². The van der Waals surface area contributed by atoms with Crippen molar-refractivity contribution in [2.24, 2.45) is 0 Å². The third-order valence-corrected chi connectivity index (χ3v) is 3.38. The molecule has 0 amide bonds. The molecule has 0 saturated carbocycles. The van der Waals surface area contributed by atoms with Crippen LogP contribution in [0.4, 0.5) is 13.2 Å². The van der Waals surface area contributed by atoms with Crippen LogP contribution in [0.5, 0.6) is 0 Å². The normalized spacial score (nSPS) is 25.1. The van der Waals surface area contributed by atoms with E-state index >= 15 is 0 Å². The molecule has 0 aliphatic carbocycles. The minimum absolute atomic E-state index is 0.170. The molecule has 1 aliphatic rings. The topological polar surface area (TPSA) is 12.0 Å². The minimum Gasteiger partial charge on any atom is -0.307 e. The van der Waals surface area contributed by atoms with Crippen molar-refractivity contribution in [2.75, 3.05) is 6.54 Å². The van der Waals surface area contributed by atoms with E-state index in [2.05, 4.69) is 5.32 Å². The smallest absolute Gasteiger partial charge is 0.152 e. The lowest BCUT2D eigenvalue weighted by Crippen LogP contribution is -2.35. The van der Waals surface area contributed by atoms with Crippen LogP contribution in [-0.4, -0.2) is 6.54 Å². The first-order chi connectivity index (χ1) is 7.46. The number of hydrogen-bond acceptors (Lipinski definition) is 1. The Morgan fingerprint density at radius 1 is 1.31 bits per heavy atom. The molecule has 1 saturated heterocycles. The second-order valence-electron chi connectivity index (χ2n) is 4.21. The SMILES string of the molecule is CC1(c2c(F)cc(F)c(Cl)c2F)CCCN1. The molecule has 1 aromatic rings. The highest BCUT2D eigenvalue weighted by Crippen LogP contribution is 2.37. The number of benzene rings is 1. The van der Waals surface area contributed by atoms with Crippen molar-refractivity contribution in [3.63, 3.8) is 0 Å². The van der Waals surface area contributed by atoms with Gasteiger partial charge in [0.2, 0.25) is 0 Å². The van der Waals surface area contributed by atoms with Crippen molar-refractivity contribution in [1.82, 2.24) is 5.32 Å². The molecule has 1 atom stereocenters. The van der Waals surface area contributed by atoms with Crippen LogP contribution in [0, 0.1) is 17.5 Å². The van der Waals surface area contributed by atoms with Gasteiger partial charge in [0.05, 0.1) is 0 Å². The highest BCUT2D eigenvalue weighted by atomic mass is 35.5. The first kappa shape index (κ1) is 11.7. The maximum Gasteiger partial charge on any atom is 0.152 e. The summed E-state index contributed by atoms with van der Waals surface area (Å²) in [5.41, 5.74) is -0.970. The van der Waals surface area contributed by atoms with Crippen molar-refractivity contribution < 1.29 is 13.2 Å². The van der Waals surface area contributed by atoms with Gasteiger partial charge in [-0.1, -0.05) is 11.6 Å². The van der Waals surface area contributed by atoms with E-state index in [9.17, 15) is 13.2 Å². The zero-order valence-electron chi connectivity index (χ0n) is 8.71. The third kappa shape index (κ3) is 1.70. The Morgan fingerprint density at radius 2 is 2.00 bits per heavy atom. The van der Waals surface area contributed by atoms with Crippen LogP contribution in [0.3, 0.4) is 0 Å². The predicted octanol–water partition coefficient (Wildman–Crippen LogP) is 3.36. The molecular weight excluding hydrogens is 239 g/mol. The number of halogens is 4. The largest absolute Gasteiger partial charge is 0.307 e. The quantitative estimate of drug-likeness (QED) is 0.595. The van der Waals surface area contributed by atoms with Gasteiger partial charge in [0, 0.05) is 17.2 Å². The number of rotatable bonds is 1. The summed E-state index contributed by atoms with van der Waals surface area (Å²) in [6, 6.07) is 0.631. The van der Waals surface area contributed by atoms with E-state index in [1.807, 2.05) is 0 Å². The fraction of sp³-hybridized carbons (Fsp3) is 0.455. The summed E-state index contributed by atoms with van der Waals surface area (Å²) in [4.78, 5) is 0. The second-order valence-corrected chi connectivity index (χ2v) is 4.58. The van der Waals surface area contributed by atoms with E-state index in [1.165, 1.54) is 0 Å². The van der Waals surface area contributed by atoms with Crippen LogP contribution >= 0.6 is 11.6 Å². The molecule has 0 spiro atoms. The lowest BCUT2D eigenvalue weighted by Gasteiger charge is -2.26. The number of hydrogen-bond donors (Lipinski definition) is 1. The highest BCUT2D eigenvalue weighted by molar-refractivity contribution is 6.31. The Bertz CT molecular complexity index is 428. The van der Waals surface area contributed by atoms with Crippen LogP contribution in [0.1, 0.15) is 25.3 Å². The van der Waals surface area contributed by atoms with Crippen LogP contribution in [0.2, 0.25) is 5.02 Å². The molecule has 88 valence electrons. The molecular formula is C11H11ClF3N. The molecule has 1 aliphatic heterocycles. The van der Waals surface area contributed by atoms with Crippen molar-refractivity contribution in [3.8, 4) is 0 Å². The Balaban J connectivity index is 2.60.